The molecule has 3 atom stereocenters. The first-order valence-corrected chi connectivity index (χ1v) is 5.97. The van der Waals surface area contributed by atoms with E-state index in [-0.39, 0.29) is 0 Å². The first kappa shape index (κ1) is 9.33. The van der Waals surface area contributed by atoms with Crippen LogP contribution in [0.4, 0.5) is 0 Å². The number of aromatic nitrogens is 3. The molecular weight excluding hydrogens is 188 g/mol. The molecule has 82 valence electrons. The predicted octanol–water partition coefficient (Wildman–Crippen LogP) is 1.06. The molecule has 0 aliphatic heterocycles. The zero-order chi connectivity index (χ0) is 10.1. The normalized spacial score (nSPS) is 33.7. The van der Waals surface area contributed by atoms with Crippen LogP contribution in [0.25, 0.3) is 0 Å². The molecule has 1 heterocycles. The SMILES string of the molecule is c1ncn(CCNC2CC3CCC2C3)n1. The minimum Gasteiger partial charge on any atom is -0.312 e. The standard InChI is InChI=1S/C11H18N4/c1-2-10-5-9(1)6-11(10)13-3-4-15-8-12-7-14-15/h7-11,13H,1-6H2. The Balaban J connectivity index is 1.43. The number of fused-ring (bicyclic) bond motifs is 2. The molecule has 0 saturated heterocycles. The molecule has 2 bridgehead atoms. The molecule has 2 aliphatic rings. The van der Waals surface area contributed by atoms with Gasteiger partial charge in [0.05, 0.1) is 6.54 Å². The van der Waals surface area contributed by atoms with Gasteiger partial charge < -0.3 is 5.32 Å². The van der Waals surface area contributed by atoms with E-state index in [0.717, 1.165) is 31.0 Å². The van der Waals surface area contributed by atoms with E-state index in [1.54, 1.807) is 12.7 Å². The van der Waals surface area contributed by atoms with Gasteiger partial charge in [-0.3, -0.25) is 4.68 Å². The van der Waals surface area contributed by atoms with Crippen LogP contribution in [0.5, 0.6) is 0 Å². The zero-order valence-corrected chi connectivity index (χ0v) is 8.97. The molecular formula is C11H18N4. The van der Waals surface area contributed by atoms with E-state index in [2.05, 4.69) is 15.4 Å². The van der Waals surface area contributed by atoms with Crippen molar-refractivity contribution in [2.24, 2.45) is 11.8 Å². The smallest absolute Gasteiger partial charge is 0.137 e. The first-order chi connectivity index (χ1) is 7.42. The minimum absolute atomic E-state index is 0.785. The lowest BCUT2D eigenvalue weighted by Crippen LogP contribution is -2.36. The summed E-state index contributed by atoms with van der Waals surface area (Å²) in [5, 5.41) is 7.76. The van der Waals surface area contributed by atoms with Crippen molar-refractivity contribution in [3.63, 3.8) is 0 Å². The Hall–Kier alpha value is -0.900. The van der Waals surface area contributed by atoms with Crippen LogP contribution in [0, 0.1) is 11.8 Å². The van der Waals surface area contributed by atoms with Crippen molar-refractivity contribution in [2.45, 2.75) is 38.3 Å². The van der Waals surface area contributed by atoms with Crippen molar-refractivity contribution in [2.75, 3.05) is 6.54 Å². The number of hydrogen-bond donors (Lipinski definition) is 1. The topological polar surface area (TPSA) is 42.7 Å². The summed E-state index contributed by atoms with van der Waals surface area (Å²) in [4.78, 5) is 3.93. The van der Waals surface area contributed by atoms with E-state index in [4.69, 9.17) is 0 Å². The van der Waals surface area contributed by atoms with E-state index in [9.17, 15) is 0 Å². The quantitative estimate of drug-likeness (QED) is 0.801. The van der Waals surface area contributed by atoms with Crippen molar-refractivity contribution in [3.8, 4) is 0 Å². The van der Waals surface area contributed by atoms with Gasteiger partial charge in [-0.15, -0.1) is 0 Å². The summed E-state index contributed by atoms with van der Waals surface area (Å²) in [5.41, 5.74) is 0. The molecule has 1 N–H and O–H groups in total. The van der Waals surface area contributed by atoms with Crippen LogP contribution in [0.2, 0.25) is 0 Å². The van der Waals surface area contributed by atoms with Gasteiger partial charge in [0.1, 0.15) is 12.7 Å². The molecule has 0 amide bonds. The van der Waals surface area contributed by atoms with Crippen LogP contribution in [0.1, 0.15) is 25.7 Å². The van der Waals surface area contributed by atoms with Gasteiger partial charge >= 0.3 is 0 Å². The molecule has 0 spiro atoms. The molecule has 3 rings (SSSR count). The molecule has 1 aromatic heterocycles. The van der Waals surface area contributed by atoms with Gasteiger partial charge in [0.2, 0.25) is 0 Å². The molecule has 2 fully saturated rings. The third-order valence-electron chi connectivity index (χ3n) is 3.95. The number of hydrogen-bond acceptors (Lipinski definition) is 3. The van der Waals surface area contributed by atoms with Crippen LogP contribution < -0.4 is 5.32 Å². The summed E-state index contributed by atoms with van der Waals surface area (Å²) in [6, 6.07) is 0.785. The second kappa shape index (κ2) is 3.93. The molecule has 15 heavy (non-hydrogen) atoms. The monoisotopic (exact) mass is 206 g/mol. The zero-order valence-electron chi connectivity index (χ0n) is 8.97. The highest BCUT2D eigenvalue weighted by Gasteiger charge is 2.38. The van der Waals surface area contributed by atoms with Crippen molar-refractivity contribution < 1.29 is 0 Å². The Bertz CT molecular complexity index is 308. The number of nitrogens with zero attached hydrogens (tertiary/aromatic N) is 3. The van der Waals surface area contributed by atoms with Gasteiger partial charge in [-0.25, -0.2) is 4.98 Å². The van der Waals surface area contributed by atoms with Gasteiger partial charge in [0.15, 0.2) is 0 Å². The van der Waals surface area contributed by atoms with Crippen LogP contribution >= 0.6 is 0 Å². The van der Waals surface area contributed by atoms with Gasteiger partial charge in [-0.2, -0.15) is 5.10 Å². The maximum absolute atomic E-state index is 4.09. The summed E-state index contributed by atoms with van der Waals surface area (Å²) in [6.45, 7) is 1.96. The Kier molecular flexibility index (Phi) is 2.44. The Labute approximate surface area is 90.1 Å². The van der Waals surface area contributed by atoms with Crippen LogP contribution in [0.15, 0.2) is 12.7 Å². The molecule has 2 aliphatic carbocycles. The van der Waals surface area contributed by atoms with E-state index in [0.29, 0.717) is 0 Å². The van der Waals surface area contributed by atoms with Gasteiger partial charge in [-0.1, -0.05) is 6.42 Å². The van der Waals surface area contributed by atoms with Crippen molar-refractivity contribution in [3.05, 3.63) is 12.7 Å². The molecule has 0 aromatic carbocycles. The highest BCUT2D eigenvalue weighted by atomic mass is 15.3. The molecule has 3 unspecified atom stereocenters. The molecule has 4 nitrogen and oxygen atoms in total. The molecule has 4 heteroatoms. The summed E-state index contributed by atoms with van der Waals surface area (Å²) in [5.74, 6) is 1.99. The fourth-order valence-corrected chi connectivity index (χ4v) is 3.21. The van der Waals surface area contributed by atoms with Crippen LogP contribution in [-0.4, -0.2) is 27.4 Å². The van der Waals surface area contributed by atoms with Crippen molar-refractivity contribution >= 4 is 0 Å². The van der Waals surface area contributed by atoms with Crippen LogP contribution in [-0.2, 0) is 6.54 Å². The maximum Gasteiger partial charge on any atom is 0.137 e. The average Bonchev–Trinajstić information content (AvgIpc) is 2.93. The first-order valence-electron chi connectivity index (χ1n) is 5.97. The molecule has 2 saturated carbocycles. The molecule has 0 radical (unpaired) electrons. The average molecular weight is 206 g/mol. The largest absolute Gasteiger partial charge is 0.312 e. The number of nitrogens with one attached hydrogen (secondary N) is 1. The lowest BCUT2D eigenvalue weighted by Gasteiger charge is -2.22. The Morgan fingerprint density at radius 2 is 2.33 bits per heavy atom. The van der Waals surface area contributed by atoms with E-state index >= 15 is 0 Å². The maximum atomic E-state index is 4.09. The second-order valence-electron chi connectivity index (χ2n) is 4.89. The molecule has 1 aromatic rings. The van der Waals surface area contributed by atoms with Gasteiger partial charge in [0, 0.05) is 12.6 Å². The van der Waals surface area contributed by atoms with E-state index in [1.165, 1.54) is 25.7 Å². The highest BCUT2D eigenvalue weighted by molar-refractivity contribution is 4.93. The second-order valence-corrected chi connectivity index (χ2v) is 4.89. The van der Waals surface area contributed by atoms with E-state index in [1.807, 2.05) is 4.68 Å². The van der Waals surface area contributed by atoms with Gasteiger partial charge in [0.25, 0.3) is 0 Å². The summed E-state index contributed by atoms with van der Waals surface area (Å²) in [6.07, 6.45) is 9.18. The van der Waals surface area contributed by atoms with Crippen LogP contribution in [0.3, 0.4) is 0 Å². The third kappa shape index (κ3) is 1.91. The number of rotatable bonds is 4. The fraction of sp³-hybridized carbons (Fsp3) is 0.818. The fourth-order valence-electron chi connectivity index (χ4n) is 3.21. The summed E-state index contributed by atoms with van der Waals surface area (Å²) < 4.78 is 1.89. The summed E-state index contributed by atoms with van der Waals surface area (Å²) >= 11 is 0. The lowest BCUT2D eigenvalue weighted by atomic mass is 9.95. The lowest BCUT2D eigenvalue weighted by molar-refractivity contribution is 0.344. The highest BCUT2D eigenvalue weighted by Crippen LogP contribution is 2.44. The summed E-state index contributed by atoms with van der Waals surface area (Å²) in [7, 11) is 0. The van der Waals surface area contributed by atoms with Crippen molar-refractivity contribution in [1.29, 1.82) is 0 Å². The predicted molar refractivity (Wildman–Crippen MR) is 57.3 cm³/mol. The van der Waals surface area contributed by atoms with Crippen molar-refractivity contribution in [1.82, 2.24) is 20.1 Å². The Morgan fingerprint density at radius 3 is 3.00 bits per heavy atom. The Morgan fingerprint density at radius 1 is 1.33 bits per heavy atom. The third-order valence-corrected chi connectivity index (χ3v) is 3.95. The van der Waals surface area contributed by atoms with E-state index < -0.39 is 0 Å². The van der Waals surface area contributed by atoms with Gasteiger partial charge in [-0.05, 0) is 31.1 Å². The minimum atomic E-state index is 0.785.